The van der Waals surface area contributed by atoms with Gasteiger partial charge >= 0.3 is 0 Å². The van der Waals surface area contributed by atoms with Crippen molar-refractivity contribution in [2.45, 2.75) is 0 Å². The summed E-state index contributed by atoms with van der Waals surface area (Å²) in [5.41, 5.74) is 0.858. The summed E-state index contributed by atoms with van der Waals surface area (Å²) in [7, 11) is 0. The summed E-state index contributed by atoms with van der Waals surface area (Å²) in [4.78, 5) is 15.4. The van der Waals surface area contributed by atoms with Crippen molar-refractivity contribution in [3.63, 3.8) is 0 Å². The first kappa shape index (κ1) is 10.2. The van der Waals surface area contributed by atoms with Crippen LogP contribution in [0.2, 0.25) is 0 Å². The fourth-order valence-electron chi connectivity index (χ4n) is 1.25. The predicted octanol–water partition coefficient (Wildman–Crippen LogP) is 1.21. The third-order valence-corrected chi connectivity index (χ3v) is 2.07. The summed E-state index contributed by atoms with van der Waals surface area (Å²) in [6.45, 7) is 0. The lowest BCUT2D eigenvalue weighted by Crippen LogP contribution is -2.16. The molecule has 1 aliphatic rings. The highest BCUT2D eigenvalue weighted by Crippen LogP contribution is 2.05. The average molecular weight is 214 g/mol. The first-order chi connectivity index (χ1) is 7.77. The molecular weight excluding hydrogens is 204 g/mol. The standard InChI is InChI=1S/C12H10N2O2/c15-11-6-2-1-5-10(11)9-13-12-7-3-4-8-14(12)16/h1-9,16H. The SMILES string of the molecule is O=C1C=CC=CC1=CN=c1ccccn1O. The molecule has 0 amide bonds. The zero-order valence-corrected chi connectivity index (χ0v) is 8.45. The van der Waals surface area contributed by atoms with Crippen LogP contribution in [-0.2, 0) is 4.79 Å². The summed E-state index contributed by atoms with van der Waals surface area (Å²) >= 11 is 0. The highest BCUT2D eigenvalue weighted by Gasteiger charge is 2.03. The first-order valence-electron chi connectivity index (χ1n) is 4.77. The van der Waals surface area contributed by atoms with Crippen molar-refractivity contribution >= 4 is 5.78 Å². The van der Waals surface area contributed by atoms with Crippen molar-refractivity contribution in [2.75, 3.05) is 0 Å². The van der Waals surface area contributed by atoms with Crippen LogP contribution in [0.15, 0.2) is 65.5 Å². The van der Waals surface area contributed by atoms with Gasteiger partial charge in [-0.25, -0.2) is 4.99 Å². The van der Waals surface area contributed by atoms with Crippen LogP contribution in [0.3, 0.4) is 0 Å². The average Bonchev–Trinajstić information content (AvgIpc) is 2.30. The molecule has 1 N–H and O–H groups in total. The lowest BCUT2D eigenvalue weighted by molar-refractivity contribution is -0.111. The molecule has 4 heteroatoms. The number of aromatic nitrogens is 1. The van der Waals surface area contributed by atoms with E-state index < -0.39 is 0 Å². The third kappa shape index (κ3) is 2.17. The Labute approximate surface area is 92.1 Å². The zero-order chi connectivity index (χ0) is 11.4. The van der Waals surface area contributed by atoms with Gasteiger partial charge in [0.1, 0.15) is 0 Å². The van der Waals surface area contributed by atoms with Crippen LogP contribution in [0, 0.1) is 0 Å². The predicted molar refractivity (Wildman–Crippen MR) is 58.5 cm³/mol. The Hall–Kier alpha value is -2.36. The van der Waals surface area contributed by atoms with E-state index in [1.807, 2.05) is 0 Å². The molecule has 1 aliphatic carbocycles. The maximum Gasteiger partial charge on any atom is 0.187 e. The molecule has 4 nitrogen and oxygen atoms in total. The fraction of sp³-hybridized carbons (Fsp3) is 0. The minimum absolute atomic E-state index is 0.0910. The van der Waals surface area contributed by atoms with Crippen molar-refractivity contribution < 1.29 is 10.0 Å². The molecular formula is C12H10N2O2. The smallest absolute Gasteiger partial charge is 0.187 e. The molecule has 80 valence electrons. The first-order valence-corrected chi connectivity index (χ1v) is 4.77. The minimum atomic E-state index is -0.0910. The van der Waals surface area contributed by atoms with Crippen LogP contribution in [0.5, 0.6) is 0 Å². The second kappa shape index (κ2) is 4.44. The molecule has 2 rings (SSSR count). The van der Waals surface area contributed by atoms with Crippen LogP contribution in [-0.4, -0.2) is 15.7 Å². The molecule has 0 bridgehead atoms. The van der Waals surface area contributed by atoms with E-state index >= 15 is 0 Å². The van der Waals surface area contributed by atoms with Gasteiger partial charge < -0.3 is 5.21 Å². The molecule has 0 fully saturated rings. The van der Waals surface area contributed by atoms with Crippen molar-refractivity contribution in [2.24, 2.45) is 4.99 Å². The van der Waals surface area contributed by atoms with Crippen LogP contribution >= 0.6 is 0 Å². The molecule has 16 heavy (non-hydrogen) atoms. The van der Waals surface area contributed by atoms with E-state index in [9.17, 15) is 10.0 Å². The quantitative estimate of drug-likeness (QED) is 0.564. The monoisotopic (exact) mass is 214 g/mol. The van der Waals surface area contributed by atoms with Gasteiger partial charge in [0, 0.05) is 18.0 Å². The largest absolute Gasteiger partial charge is 0.427 e. The molecule has 1 aromatic heterocycles. The summed E-state index contributed by atoms with van der Waals surface area (Å²) in [5.74, 6) is -0.0910. The van der Waals surface area contributed by atoms with Crippen LogP contribution < -0.4 is 5.49 Å². The molecule has 0 spiro atoms. The normalized spacial score (nSPS) is 18.4. The fourth-order valence-corrected chi connectivity index (χ4v) is 1.25. The molecule has 0 aromatic carbocycles. The maximum absolute atomic E-state index is 11.4. The summed E-state index contributed by atoms with van der Waals surface area (Å²) in [6.07, 6.45) is 9.49. The van der Waals surface area contributed by atoms with Gasteiger partial charge in [-0.05, 0) is 24.3 Å². The molecule has 0 atom stereocenters. The highest BCUT2D eigenvalue weighted by atomic mass is 16.5. The van der Waals surface area contributed by atoms with Gasteiger partial charge in [0.15, 0.2) is 11.3 Å². The molecule has 0 saturated heterocycles. The Kier molecular flexibility index (Phi) is 2.82. The Morgan fingerprint density at radius 2 is 2.06 bits per heavy atom. The number of hydrogen-bond donors (Lipinski definition) is 1. The van der Waals surface area contributed by atoms with Gasteiger partial charge in [-0.15, -0.1) is 0 Å². The highest BCUT2D eigenvalue weighted by molar-refractivity contribution is 6.07. The second-order valence-corrected chi connectivity index (χ2v) is 3.20. The molecule has 1 heterocycles. The topological polar surface area (TPSA) is 54.6 Å². The Morgan fingerprint density at radius 1 is 1.25 bits per heavy atom. The van der Waals surface area contributed by atoms with Crippen LogP contribution in [0.1, 0.15) is 0 Å². The van der Waals surface area contributed by atoms with Crippen molar-refractivity contribution in [3.8, 4) is 0 Å². The Morgan fingerprint density at radius 3 is 2.81 bits per heavy atom. The van der Waals surface area contributed by atoms with Crippen molar-refractivity contribution in [1.82, 2.24) is 4.73 Å². The lowest BCUT2D eigenvalue weighted by Gasteiger charge is -1.98. The van der Waals surface area contributed by atoms with Gasteiger partial charge in [-0.2, -0.15) is 4.73 Å². The number of ketones is 1. The molecule has 0 unspecified atom stereocenters. The van der Waals surface area contributed by atoms with Gasteiger partial charge in [-0.3, -0.25) is 4.79 Å². The van der Waals surface area contributed by atoms with Crippen molar-refractivity contribution in [3.05, 3.63) is 66.0 Å². The van der Waals surface area contributed by atoms with Gasteiger partial charge in [-0.1, -0.05) is 18.2 Å². The molecule has 0 radical (unpaired) electrons. The number of rotatable bonds is 1. The minimum Gasteiger partial charge on any atom is -0.427 e. The van der Waals surface area contributed by atoms with E-state index in [-0.39, 0.29) is 5.78 Å². The van der Waals surface area contributed by atoms with E-state index in [1.54, 1.807) is 36.4 Å². The number of hydrogen-bond acceptors (Lipinski definition) is 3. The zero-order valence-electron chi connectivity index (χ0n) is 8.45. The van der Waals surface area contributed by atoms with Crippen LogP contribution in [0.4, 0.5) is 0 Å². The van der Waals surface area contributed by atoms with E-state index in [0.717, 1.165) is 4.73 Å². The van der Waals surface area contributed by atoms with E-state index in [0.29, 0.717) is 11.1 Å². The summed E-state index contributed by atoms with van der Waals surface area (Å²) in [6, 6.07) is 5.08. The molecule has 0 saturated carbocycles. The Balaban J connectivity index is 2.37. The number of pyridine rings is 1. The van der Waals surface area contributed by atoms with E-state index in [4.69, 9.17) is 0 Å². The van der Waals surface area contributed by atoms with E-state index in [2.05, 4.69) is 4.99 Å². The molecule has 0 aliphatic heterocycles. The van der Waals surface area contributed by atoms with Gasteiger partial charge in [0.25, 0.3) is 0 Å². The summed E-state index contributed by atoms with van der Waals surface area (Å²) < 4.78 is 0.893. The second-order valence-electron chi connectivity index (χ2n) is 3.20. The van der Waals surface area contributed by atoms with E-state index in [1.165, 1.54) is 18.5 Å². The van der Waals surface area contributed by atoms with Gasteiger partial charge in [0.2, 0.25) is 0 Å². The van der Waals surface area contributed by atoms with Gasteiger partial charge in [0.05, 0.1) is 0 Å². The lowest BCUT2D eigenvalue weighted by atomic mass is 10.1. The Bertz CT molecular complexity index is 562. The number of allylic oxidation sites excluding steroid dienone is 5. The third-order valence-electron chi connectivity index (χ3n) is 2.07. The number of nitrogens with zero attached hydrogens (tertiary/aromatic N) is 2. The summed E-state index contributed by atoms with van der Waals surface area (Å²) in [5, 5.41) is 9.38. The maximum atomic E-state index is 11.4. The van der Waals surface area contributed by atoms with Crippen LogP contribution in [0.25, 0.3) is 0 Å². The molecule has 1 aromatic rings. The van der Waals surface area contributed by atoms with Crippen molar-refractivity contribution in [1.29, 1.82) is 0 Å². The number of carbonyl (C=O) groups excluding carboxylic acids is 1. The number of carbonyl (C=O) groups is 1.